The topological polar surface area (TPSA) is 78.9 Å². The van der Waals surface area contributed by atoms with Gasteiger partial charge in [0.1, 0.15) is 13.2 Å². The van der Waals surface area contributed by atoms with E-state index in [2.05, 4.69) is 34.6 Å². The van der Waals surface area contributed by atoms with Crippen molar-refractivity contribution in [2.45, 2.75) is 317 Å². The molecule has 0 aromatic carbocycles. The van der Waals surface area contributed by atoms with E-state index < -0.39 is 6.10 Å². The molecule has 62 heavy (non-hydrogen) atoms. The van der Waals surface area contributed by atoms with Crippen molar-refractivity contribution in [3.63, 3.8) is 0 Å². The van der Waals surface area contributed by atoms with E-state index in [1.807, 2.05) is 0 Å². The largest absolute Gasteiger partial charge is 0.462 e. The van der Waals surface area contributed by atoms with Gasteiger partial charge in [-0.2, -0.15) is 0 Å². The van der Waals surface area contributed by atoms with Gasteiger partial charge in [-0.15, -0.1) is 0 Å². The average Bonchev–Trinajstić information content (AvgIpc) is 3.26. The van der Waals surface area contributed by atoms with Crippen LogP contribution in [0.15, 0.2) is 0 Å². The van der Waals surface area contributed by atoms with Gasteiger partial charge in [-0.3, -0.25) is 14.4 Å². The molecule has 0 saturated heterocycles. The minimum Gasteiger partial charge on any atom is -0.462 e. The van der Waals surface area contributed by atoms with Crippen molar-refractivity contribution in [3.05, 3.63) is 0 Å². The fourth-order valence-electron chi connectivity index (χ4n) is 8.49. The van der Waals surface area contributed by atoms with Crippen molar-refractivity contribution in [3.8, 4) is 0 Å². The molecule has 0 aromatic heterocycles. The van der Waals surface area contributed by atoms with Gasteiger partial charge < -0.3 is 14.2 Å². The lowest BCUT2D eigenvalue weighted by Crippen LogP contribution is -2.30. The Kier molecular flexibility index (Phi) is 47.6. The van der Waals surface area contributed by atoms with Crippen molar-refractivity contribution in [2.75, 3.05) is 13.2 Å². The van der Waals surface area contributed by atoms with Crippen molar-refractivity contribution >= 4 is 17.9 Å². The normalized spacial score (nSPS) is 12.5. The first kappa shape index (κ1) is 60.4. The molecule has 0 aromatic rings. The second-order valence-electron chi connectivity index (χ2n) is 19.9. The fraction of sp³-hybridized carbons (Fsp3) is 0.946. The first-order chi connectivity index (χ1) is 30.3. The highest BCUT2D eigenvalue weighted by Gasteiger charge is 2.19. The Morgan fingerprint density at radius 1 is 0.339 bits per heavy atom. The molecular formula is C56H108O6. The van der Waals surface area contributed by atoms with E-state index in [4.69, 9.17) is 14.2 Å². The third-order valence-electron chi connectivity index (χ3n) is 13.1. The summed E-state index contributed by atoms with van der Waals surface area (Å²) < 4.78 is 16.8. The molecule has 6 heteroatoms. The maximum atomic E-state index is 12.8. The summed E-state index contributed by atoms with van der Waals surface area (Å²) in [6, 6.07) is 0. The Morgan fingerprint density at radius 3 is 0.919 bits per heavy atom. The number of ether oxygens (including phenoxy) is 3. The van der Waals surface area contributed by atoms with Crippen LogP contribution < -0.4 is 0 Å². The fourth-order valence-corrected chi connectivity index (χ4v) is 8.49. The van der Waals surface area contributed by atoms with Gasteiger partial charge in [0.25, 0.3) is 0 Å². The van der Waals surface area contributed by atoms with E-state index in [9.17, 15) is 14.4 Å². The number of esters is 3. The van der Waals surface area contributed by atoms with Gasteiger partial charge in [0, 0.05) is 19.3 Å². The van der Waals surface area contributed by atoms with E-state index >= 15 is 0 Å². The van der Waals surface area contributed by atoms with Gasteiger partial charge in [-0.25, -0.2) is 0 Å². The first-order valence-electron chi connectivity index (χ1n) is 27.8. The predicted octanol–water partition coefficient (Wildman–Crippen LogP) is 18.1. The van der Waals surface area contributed by atoms with Crippen LogP contribution in [-0.4, -0.2) is 37.2 Å². The van der Waals surface area contributed by atoms with Crippen molar-refractivity contribution in [1.82, 2.24) is 0 Å². The molecule has 0 N–H and O–H groups in total. The van der Waals surface area contributed by atoms with Gasteiger partial charge in [-0.05, 0) is 31.1 Å². The van der Waals surface area contributed by atoms with Crippen LogP contribution in [0.5, 0.6) is 0 Å². The maximum Gasteiger partial charge on any atom is 0.306 e. The summed E-state index contributed by atoms with van der Waals surface area (Å²) in [7, 11) is 0. The Balaban J connectivity index is 4.27. The van der Waals surface area contributed by atoms with E-state index in [0.717, 1.165) is 69.6 Å². The van der Waals surface area contributed by atoms with E-state index in [1.54, 1.807) is 0 Å². The first-order valence-corrected chi connectivity index (χ1v) is 27.8. The van der Waals surface area contributed by atoms with E-state index in [0.29, 0.717) is 19.3 Å². The molecule has 0 aliphatic carbocycles. The molecule has 0 radical (unpaired) electrons. The summed E-state index contributed by atoms with van der Waals surface area (Å²) in [5, 5.41) is 0. The lowest BCUT2D eigenvalue weighted by atomic mass is 9.99. The molecule has 368 valence electrons. The molecule has 1 unspecified atom stereocenters. The van der Waals surface area contributed by atoms with Crippen LogP contribution in [0.1, 0.15) is 311 Å². The maximum absolute atomic E-state index is 12.8. The summed E-state index contributed by atoms with van der Waals surface area (Å²) in [4.78, 5) is 38.0. The van der Waals surface area contributed by atoms with Gasteiger partial charge in [0.05, 0.1) is 0 Å². The second kappa shape index (κ2) is 48.9. The highest BCUT2D eigenvalue weighted by atomic mass is 16.6. The molecule has 0 aliphatic rings. The zero-order chi connectivity index (χ0) is 45.4. The van der Waals surface area contributed by atoms with Crippen LogP contribution in [0.2, 0.25) is 0 Å². The van der Waals surface area contributed by atoms with E-state index in [-0.39, 0.29) is 31.1 Å². The highest BCUT2D eigenvalue weighted by molar-refractivity contribution is 5.71. The minimum absolute atomic E-state index is 0.0632. The van der Waals surface area contributed by atoms with Crippen LogP contribution in [0, 0.1) is 11.8 Å². The molecule has 0 amide bonds. The summed E-state index contributed by atoms with van der Waals surface area (Å²) in [5.74, 6) is 0.878. The lowest BCUT2D eigenvalue weighted by molar-refractivity contribution is -0.167. The van der Waals surface area contributed by atoms with Crippen LogP contribution in [0.3, 0.4) is 0 Å². The van der Waals surface area contributed by atoms with Crippen molar-refractivity contribution < 1.29 is 28.6 Å². The summed E-state index contributed by atoms with van der Waals surface area (Å²) in [6.07, 6.45) is 50.8. The standard InChI is InChI=1S/C56H108O6/c1-6-8-9-10-11-12-19-26-31-36-41-46-54(57)60-49-53(50-61-55(58)47-42-37-32-27-23-22-25-30-35-40-45-52(5)7-2)62-56(59)48-43-38-33-28-21-18-16-14-13-15-17-20-24-29-34-39-44-51(3)4/h51-53H,6-50H2,1-5H3/t52?,53-/m1/s1. The Bertz CT molecular complexity index is 949. The number of hydrogen-bond donors (Lipinski definition) is 0. The van der Waals surface area contributed by atoms with Crippen LogP contribution in [0.4, 0.5) is 0 Å². The molecule has 6 nitrogen and oxygen atoms in total. The number of hydrogen-bond acceptors (Lipinski definition) is 6. The molecule has 2 atom stereocenters. The minimum atomic E-state index is -0.762. The van der Waals surface area contributed by atoms with Crippen molar-refractivity contribution in [1.29, 1.82) is 0 Å². The molecule has 0 aliphatic heterocycles. The Hall–Kier alpha value is -1.59. The molecule has 0 fully saturated rings. The Morgan fingerprint density at radius 2 is 0.613 bits per heavy atom. The highest BCUT2D eigenvalue weighted by Crippen LogP contribution is 2.18. The third kappa shape index (κ3) is 47.9. The van der Waals surface area contributed by atoms with Gasteiger partial charge >= 0.3 is 17.9 Å². The monoisotopic (exact) mass is 877 g/mol. The van der Waals surface area contributed by atoms with Crippen LogP contribution in [-0.2, 0) is 28.6 Å². The zero-order valence-corrected chi connectivity index (χ0v) is 42.5. The molecular weight excluding hydrogens is 769 g/mol. The number of unbranched alkanes of at least 4 members (excludes halogenated alkanes) is 34. The molecule has 0 saturated carbocycles. The van der Waals surface area contributed by atoms with Gasteiger partial charge in [-0.1, -0.05) is 272 Å². The number of carbonyl (C=O) groups excluding carboxylic acids is 3. The lowest BCUT2D eigenvalue weighted by Gasteiger charge is -2.18. The summed E-state index contributed by atoms with van der Waals surface area (Å²) in [5.41, 5.74) is 0. The molecule has 0 rings (SSSR count). The molecule has 0 spiro atoms. The SMILES string of the molecule is CCCCCCCCCCCCCC(=O)OC[C@H](COC(=O)CCCCCCCCCCCCC(C)CC)OC(=O)CCCCCCCCCCCCCCCCCCC(C)C. The number of rotatable bonds is 50. The smallest absolute Gasteiger partial charge is 0.306 e. The average molecular weight is 877 g/mol. The van der Waals surface area contributed by atoms with E-state index in [1.165, 1.54) is 199 Å². The predicted molar refractivity (Wildman–Crippen MR) is 266 cm³/mol. The number of carbonyl (C=O) groups is 3. The van der Waals surface area contributed by atoms with Crippen molar-refractivity contribution in [2.24, 2.45) is 11.8 Å². The summed E-state index contributed by atoms with van der Waals surface area (Å²) >= 11 is 0. The third-order valence-corrected chi connectivity index (χ3v) is 13.1. The molecule has 0 bridgehead atoms. The van der Waals surface area contributed by atoms with Crippen LogP contribution in [0.25, 0.3) is 0 Å². The quantitative estimate of drug-likeness (QED) is 0.0344. The summed E-state index contributed by atoms with van der Waals surface area (Å²) in [6.45, 7) is 11.4. The Labute approximate surface area is 387 Å². The second-order valence-corrected chi connectivity index (χ2v) is 19.9. The van der Waals surface area contributed by atoms with Gasteiger partial charge in [0.15, 0.2) is 6.10 Å². The van der Waals surface area contributed by atoms with Crippen LogP contribution >= 0.6 is 0 Å². The molecule has 0 heterocycles. The van der Waals surface area contributed by atoms with Gasteiger partial charge in [0.2, 0.25) is 0 Å². The zero-order valence-electron chi connectivity index (χ0n) is 42.5.